The molecule has 0 radical (unpaired) electrons. The number of aryl methyl sites for hydroxylation is 1. The number of benzene rings is 1. The molecule has 2 aromatic rings. The zero-order chi connectivity index (χ0) is 24.1. The van der Waals surface area contributed by atoms with Gasteiger partial charge in [-0.25, -0.2) is 13.2 Å². The van der Waals surface area contributed by atoms with Crippen molar-refractivity contribution in [1.82, 2.24) is 14.6 Å². The summed E-state index contributed by atoms with van der Waals surface area (Å²) in [5.74, 6) is -0.895. The van der Waals surface area contributed by atoms with E-state index < -0.39 is 16.0 Å². The monoisotopic (exact) mass is 465 g/mol. The van der Waals surface area contributed by atoms with Crippen molar-refractivity contribution in [2.24, 2.45) is 0 Å². The Bertz CT molecular complexity index is 1060. The van der Waals surface area contributed by atoms with Gasteiger partial charge in [0.25, 0.3) is 5.91 Å². The highest BCUT2D eigenvalue weighted by Crippen LogP contribution is 2.20. The Kier molecular flexibility index (Phi) is 8.59. The number of hydrogen-bond donors (Lipinski definition) is 2. The second-order valence-electron chi connectivity index (χ2n) is 7.70. The summed E-state index contributed by atoms with van der Waals surface area (Å²) in [5, 5.41) is 2.78. The van der Waals surface area contributed by atoms with E-state index in [1.165, 1.54) is 30.6 Å². The normalized spacial score (nSPS) is 11.8. The Balaban J connectivity index is 2.07. The molecule has 1 heterocycles. The van der Waals surface area contributed by atoms with Crippen LogP contribution in [0.4, 0.5) is 0 Å². The molecule has 1 aromatic carbocycles. The molecule has 0 saturated carbocycles. The second-order valence-corrected chi connectivity index (χ2v) is 9.69. The maximum atomic E-state index is 12.7. The van der Waals surface area contributed by atoms with E-state index in [0.717, 1.165) is 5.56 Å². The molecule has 0 fully saturated rings. The van der Waals surface area contributed by atoms with Crippen molar-refractivity contribution in [3.8, 4) is 0 Å². The number of sulfonamides is 1. The van der Waals surface area contributed by atoms with E-state index in [1.54, 1.807) is 39.8 Å². The van der Waals surface area contributed by atoms with Gasteiger partial charge in [-0.1, -0.05) is 12.1 Å². The average Bonchev–Trinajstić information content (AvgIpc) is 3.05. The van der Waals surface area contributed by atoms with Gasteiger partial charge in [0.2, 0.25) is 10.0 Å². The molecule has 0 bridgehead atoms. The molecule has 176 valence electrons. The third-order valence-electron chi connectivity index (χ3n) is 5.17. The van der Waals surface area contributed by atoms with E-state index in [0.29, 0.717) is 16.8 Å². The number of methoxy groups -OCH3 is 1. The molecular weight excluding hydrogens is 434 g/mol. The number of aromatic amines is 1. The maximum absolute atomic E-state index is 12.7. The van der Waals surface area contributed by atoms with Gasteiger partial charge in [0.1, 0.15) is 12.3 Å². The fourth-order valence-electron chi connectivity index (χ4n) is 3.07. The molecule has 0 spiro atoms. The lowest BCUT2D eigenvalue weighted by molar-refractivity contribution is 0.0386. The van der Waals surface area contributed by atoms with Crippen LogP contribution in [0.25, 0.3) is 0 Å². The minimum atomic E-state index is -3.56. The van der Waals surface area contributed by atoms with Gasteiger partial charge < -0.3 is 19.8 Å². The quantitative estimate of drug-likeness (QED) is 0.411. The highest BCUT2D eigenvalue weighted by molar-refractivity contribution is 7.89. The van der Waals surface area contributed by atoms with Gasteiger partial charge >= 0.3 is 5.97 Å². The topological polar surface area (TPSA) is 118 Å². The number of aromatic nitrogens is 1. The van der Waals surface area contributed by atoms with Crippen LogP contribution in [0, 0.1) is 13.8 Å². The number of nitrogens with zero attached hydrogens (tertiary/aromatic N) is 1. The van der Waals surface area contributed by atoms with Gasteiger partial charge in [-0.3, -0.25) is 4.79 Å². The van der Waals surface area contributed by atoms with Crippen LogP contribution in [0.2, 0.25) is 0 Å². The summed E-state index contributed by atoms with van der Waals surface area (Å²) in [6.45, 7) is 7.59. The minimum absolute atomic E-state index is 0.125. The summed E-state index contributed by atoms with van der Waals surface area (Å²) in [5.41, 5.74) is 2.39. The lowest BCUT2D eigenvalue weighted by Gasteiger charge is -2.21. The van der Waals surface area contributed by atoms with Crippen molar-refractivity contribution >= 4 is 21.9 Å². The van der Waals surface area contributed by atoms with Crippen LogP contribution in [0.3, 0.4) is 0 Å². The number of carbonyl (C=O) groups excluding carboxylic acids is 2. The average molecular weight is 466 g/mol. The first-order valence-electron chi connectivity index (χ1n) is 10.2. The lowest BCUT2D eigenvalue weighted by atomic mass is 10.1. The van der Waals surface area contributed by atoms with Crippen LogP contribution in [0.15, 0.2) is 29.2 Å². The first-order valence-corrected chi connectivity index (χ1v) is 11.6. The van der Waals surface area contributed by atoms with E-state index in [-0.39, 0.29) is 42.3 Å². The third-order valence-corrected chi connectivity index (χ3v) is 7.22. The Labute approximate surface area is 189 Å². The van der Waals surface area contributed by atoms with E-state index in [1.807, 2.05) is 0 Å². The molecular formula is C22H31N3O6S. The van der Waals surface area contributed by atoms with Gasteiger partial charge in [0.15, 0.2) is 0 Å². The minimum Gasteiger partial charge on any atom is -0.460 e. The highest BCUT2D eigenvalue weighted by Gasteiger charge is 2.24. The first kappa shape index (κ1) is 25.6. The molecule has 0 unspecified atom stereocenters. The van der Waals surface area contributed by atoms with Gasteiger partial charge in [0, 0.05) is 32.4 Å². The smallest absolute Gasteiger partial charge is 0.340 e. The van der Waals surface area contributed by atoms with Crippen molar-refractivity contribution in [2.75, 3.05) is 27.4 Å². The van der Waals surface area contributed by atoms with E-state index in [2.05, 4.69) is 10.3 Å². The van der Waals surface area contributed by atoms with Crippen LogP contribution >= 0.6 is 0 Å². The molecule has 0 saturated heterocycles. The van der Waals surface area contributed by atoms with Crippen LogP contribution in [0.5, 0.6) is 0 Å². The van der Waals surface area contributed by atoms with Crippen molar-refractivity contribution < 1.29 is 27.5 Å². The lowest BCUT2D eigenvalue weighted by Crippen LogP contribution is -2.33. The number of esters is 1. The number of hydrogen-bond acceptors (Lipinski definition) is 6. The second kappa shape index (κ2) is 10.8. The largest absolute Gasteiger partial charge is 0.460 e. The van der Waals surface area contributed by atoms with Gasteiger partial charge in [-0.05, 0) is 51.0 Å². The van der Waals surface area contributed by atoms with E-state index >= 15 is 0 Å². The van der Waals surface area contributed by atoms with Crippen molar-refractivity contribution in [3.05, 3.63) is 52.3 Å². The molecule has 2 rings (SSSR count). The molecule has 2 N–H and O–H groups in total. The van der Waals surface area contributed by atoms with Crippen LogP contribution < -0.4 is 5.32 Å². The Hall–Kier alpha value is -2.69. The highest BCUT2D eigenvalue weighted by atomic mass is 32.2. The number of rotatable bonds is 10. The van der Waals surface area contributed by atoms with Crippen molar-refractivity contribution in [3.63, 3.8) is 0 Å². The number of amides is 1. The van der Waals surface area contributed by atoms with Crippen LogP contribution in [0.1, 0.15) is 51.5 Å². The zero-order valence-corrected chi connectivity index (χ0v) is 20.1. The summed E-state index contributed by atoms with van der Waals surface area (Å²) >= 11 is 0. The molecule has 0 aliphatic carbocycles. The number of nitrogens with one attached hydrogen (secondary N) is 2. The summed E-state index contributed by atoms with van der Waals surface area (Å²) in [6, 6.07) is 6.20. The Morgan fingerprint density at radius 3 is 2.31 bits per heavy atom. The fraction of sp³-hybridized carbons (Fsp3) is 0.455. The summed E-state index contributed by atoms with van der Waals surface area (Å²) < 4.78 is 36.4. The van der Waals surface area contributed by atoms with Gasteiger partial charge in [-0.2, -0.15) is 4.31 Å². The fourth-order valence-corrected chi connectivity index (χ4v) is 4.43. The predicted octanol–water partition coefficient (Wildman–Crippen LogP) is 2.39. The number of ether oxygens (including phenoxy) is 2. The summed E-state index contributed by atoms with van der Waals surface area (Å²) in [7, 11) is -0.513. The molecule has 0 aliphatic heterocycles. The summed E-state index contributed by atoms with van der Waals surface area (Å²) in [6.07, 6.45) is 0. The SMILES string of the molecule is COCCOC(=O)c1c(C)[nH]c(C(=O)NCc2ccc(S(=O)(=O)N(C)C(C)C)cc2)c1C. The van der Waals surface area contributed by atoms with Crippen molar-refractivity contribution in [2.45, 2.75) is 45.2 Å². The Morgan fingerprint density at radius 1 is 1.12 bits per heavy atom. The van der Waals surface area contributed by atoms with Gasteiger partial charge in [-0.15, -0.1) is 0 Å². The third kappa shape index (κ3) is 5.76. The summed E-state index contributed by atoms with van der Waals surface area (Å²) in [4.78, 5) is 28.1. The van der Waals surface area contributed by atoms with Crippen LogP contribution in [-0.4, -0.2) is 63.0 Å². The number of H-pyrrole nitrogens is 1. The molecule has 9 nitrogen and oxygen atoms in total. The Morgan fingerprint density at radius 2 is 1.75 bits per heavy atom. The molecule has 32 heavy (non-hydrogen) atoms. The molecule has 0 aliphatic rings. The molecule has 1 amide bonds. The molecule has 0 atom stereocenters. The van der Waals surface area contributed by atoms with Gasteiger partial charge in [0.05, 0.1) is 17.1 Å². The number of carbonyl (C=O) groups is 2. The van der Waals surface area contributed by atoms with Crippen LogP contribution in [-0.2, 0) is 26.0 Å². The molecule has 1 aromatic heterocycles. The van der Waals surface area contributed by atoms with Crippen molar-refractivity contribution in [1.29, 1.82) is 0 Å². The first-order chi connectivity index (χ1) is 15.0. The van der Waals surface area contributed by atoms with E-state index in [4.69, 9.17) is 9.47 Å². The predicted molar refractivity (Wildman–Crippen MR) is 120 cm³/mol. The van der Waals surface area contributed by atoms with E-state index in [9.17, 15) is 18.0 Å². The molecule has 10 heteroatoms. The zero-order valence-electron chi connectivity index (χ0n) is 19.3. The standard InChI is InChI=1S/C22H31N3O6S/c1-14(2)25(5)32(28,29)18-9-7-17(8-10-18)13-23-21(26)20-15(3)19(16(4)24-20)22(27)31-12-11-30-6/h7-10,14,24H,11-13H2,1-6H3,(H,23,26). The maximum Gasteiger partial charge on any atom is 0.340 e.